The normalized spacial score (nSPS) is 9.83. The molecule has 0 aromatic carbocycles. The Balaban J connectivity index is 2.87. The lowest BCUT2D eigenvalue weighted by molar-refractivity contribution is -0.136. The smallest absolute Gasteiger partial charge is 0.309 e. The van der Waals surface area contributed by atoms with Crippen LogP contribution in [0, 0.1) is 0 Å². The van der Waals surface area contributed by atoms with Crippen molar-refractivity contribution >= 4 is 23.5 Å². The number of aliphatic carboxylic acids is 1. The number of carbonyl (C=O) groups is 1. The van der Waals surface area contributed by atoms with Gasteiger partial charge in [0.05, 0.1) is 6.42 Å². The van der Waals surface area contributed by atoms with Gasteiger partial charge in [-0.15, -0.1) is 0 Å². The van der Waals surface area contributed by atoms with Crippen molar-refractivity contribution in [1.29, 1.82) is 0 Å². The van der Waals surface area contributed by atoms with Crippen LogP contribution in [0.4, 0.5) is 5.88 Å². The topological polar surface area (TPSA) is 75.4 Å². The SMILES string of the molecule is CNc1onc(CC(=O)O)c1Cl. The minimum absolute atomic E-state index is 0.222. The molecule has 2 N–H and O–H groups in total. The molecule has 0 aliphatic rings. The first-order valence-corrected chi connectivity index (χ1v) is 3.56. The molecule has 0 fully saturated rings. The van der Waals surface area contributed by atoms with Gasteiger partial charge in [0.15, 0.2) is 0 Å². The third-order valence-corrected chi connectivity index (χ3v) is 1.64. The number of hydrogen-bond acceptors (Lipinski definition) is 4. The molecule has 0 spiro atoms. The second-order valence-corrected chi connectivity index (χ2v) is 2.47. The third-order valence-electron chi connectivity index (χ3n) is 1.25. The van der Waals surface area contributed by atoms with Gasteiger partial charge in [0.25, 0.3) is 0 Å². The van der Waals surface area contributed by atoms with E-state index >= 15 is 0 Å². The summed E-state index contributed by atoms with van der Waals surface area (Å²) in [7, 11) is 1.61. The molecule has 0 bridgehead atoms. The third kappa shape index (κ3) is 1.68. The van der Waals surface area contributed by atoms with Crippen LogP contribution in [0.25, 0.3) is 0 Å². The van der Waals surface area contributed by atoms with Gasteiger partial charge in [-0.25, -0.2) is 0 Å². The Hall–Kier alpha value is -1.23. The van der Waals surface area contributed by atoms with E-state index in [1.54, 1.807) is 7.05 Å². The van der Waals surface area contributed by atoms with E-state index in [-0.39, 0.29) is 23.0 Å². The van der Waals surface area contributed by atoms with Gasteiger partial charge in [-0.3, -0.25) is 4.79 Å². The largest absolute Gasteiger partial charge is 0.481 e. The van der Waals surface area contributed by atoms with Crippen molar-refractivity contribution in [2.75, 3.05) is 12.4 Å². The molecule has 0 unspecified atom stereocenters. The van der Waals surface area contributed by atoms with Crippen molar-refractivity contribution in [2.24, 2.45) is 0 Å². The average molecular weight is 191 g/mol. The quantitative estimate of drug-likeness (QED) is 0.744. The van der Waals surface area contributed by atoms with Crippen molar-refractivity contribution in [3.63, 3.8) is 0 Å². The summed E-state index contributed by atoms with van der Waals surface area (Å²) in [5.41, 5.74) is 0.230. The van der Waals surface area contributed by atoms with Crippen molar-refractivity contribution in [2.45, 2.75) is 6.42 Å². The van der Waals surface area contributed by atoms with Crippen LogP contribution in [-0.2, 0) is 11.2 Å². The van der Waals surface area contributed by atoms with Gasteiger partial charge in [0.1, 0.15) is 10.7 Å². The fourth-order valence-electron chi connectivity index (χ4n) is 0.720. The second kappa shape index (κ2) is 3.44. The molecule has 6 heteroatoms. The number of carboxylic acids is 1. The zero-order chi connectivity index (χ0) is 9.14. The number of anilines is 1. The molecule has 0 aliphatic carbocycles. The lowest BCUT2D eigenvalue weighted by Crippen LogP contribution is -2.00. The van der Waals surface area contributed by atoms with Crippen molar-refractivity contribution in [3.8, 4) is 0 Å². The lowest BCUT2D eigenvalue weighted by Gasteiger charge is -1.90. The number of hydrogen-bond donors (Lipinski definition) is 2. The molecule has 0 aliphatic heterocycles. The molecule has 0 amide bonds. The van der Waals surface area contributed by atoms with Crippen LogP contribution in [0.15, 0.2) is 4.52 Å². The predicted octanol–water partition coefficient (Wildman–Crippen LogP) is 0.997. The number of aromatic nitrogens is 1. The number of nitrogens with zero attached hydrogens (tertiary/aromatic N) is 1. The van der Waals surface area contributed by atoms with Gasteiger partial charge in [0.2, 0.25) is 5.88 Å². The van der Waals surface area contributed by atoms with E-state index in [1.807, 2.05) is 0 Å². The summed E-state index contributed by atoms with van der Waals surface area (Å²) in [5, 5.41) is 14.7. The van der Waals surface area contributed by atoms with Crippen LogP contribution in [0.1, 0.15) is 5.69 Å². The predicted molar refractivity (Wildman–Crippen MR) is 42.4 cm³/mol. The second-order valence-electron chi connectivity index (χ2n) is 2.09. The Morgan fingerprint density at radius 3 is 2.92 bits per heavy atom. The molecule has 0 saturated heterocycles. The monoisotopic (exact) mass is 190 g/mol. The minimum atomic E-state index is -0.993. The summed E-state index contributed by atoms with van der Waals surface area (Å²) >= 11 is 5.69. The molecule has 0 atom stereocenters. The van der Waals surface area contributed by atoms with Crippen LogP contribution in [0.2, 0.25) is 5.02 Å². The first-order valence-electron chi connectivity index (χ1n) is 3.18. The van der Waals surface area contributed by atoms with Crippen LogP contribution < -0.4 is 5.32 Å². The molecule has 1 aromatic heterocycles. The highest BCUT2D eigenvalue weighted by atomic mass is 35.5. The van der Waals surface area contributed by atoms with Crippen LogP contribution in [-0.4, -0.2) is 23.3 Å². The highest BCUT2D eigenvalue weighted by Crippen LogP contribution is 2.25. The van der Waals surface area contributed by atoms with Crippen molar-refractivity contribution in [3.05, 3.63) is 10.7 Å². The molecular weight excluding hydrogens is 184 g/mol. The maximum atomic E-state index is 10.3. The lowest BCUT2D eigenvalue weighted by atomic mass is 10.3. The summed E-state index contributed by atoms with van der Waals surface area (Å²) < 4.78 is 4.69. The maximum absolute atomic E-state index is 10.3. The molecule has 1 aromatic rings. The fourth-order valence-corrected chi connectivity index (χ4v) is 0.951. The van der Waals surface area contributed by atoms with E-state index in [9.17, 15) is 4.79 Å². The van der Waals surface area contributed by atoms with Crippen molar-refractivity contribution in [1.82, 2.24) is 5.16 Å². The average Bonchev–Trinajstić information content (AvgIpc) is 2.32. The van der Waals surface area contributed by atoms with Gasteiger partial charge in [-0.1, -0.05) is 16.8 Å². The summed E-state index contributed by atoms with van der Waals surface area (Å²) in [5.74, 6) is -0.708. The van der Waals surface area contributed by atoms with Gasteiger partial charge in [-0.2, -0.15) is 0 Å². The van der Waals surface area contributed by atoms with E-state index < -0.39 is 5.97 Å². The molecule has 1 heterocycles. The summed E-state index contributed by atoms with van der Waals surface area (Å²) in [6, 6.07) is 0. The summed E-state index contributed by atoms with van der Waals surface area (Å²) in [6.45, 7) is 0. The first kappa shape index (κ1) is 8.86. The highest BCUT2D eigenvalue weighted by Gasteiger charge is 2.14. The van der Waals surface area contributed by atoms with E-state index in [4.69, 9.17) is 16.7 Å². The van der Waals surface area contributed by atoms with E-state index in [1.165, 1.54) is 0 Å². The molecule has 1 rings (SSSR count). The first-order chi connectivity index (χ1) is 5.65. The maximum Gasteiger partial charge on any atom is 0.309 e. The zero-order valence-corrected chi connectivity index (χ0v) is 7.05. The van der Waals surface area contributed by atoms with Crippen LogP contribution in [0.3, 0.4) is 0 Å². The Labute approximate surface area is 73.3 Å². The highest BCUT2D eigenvalue weighted by molar-refractivity contribution is 6.33. The zero-order valence-electron chi connectivity index (χ0n) is 6.30. The fraction of sp³-hybridized carbons (Fsp3) is 0.333. The molecular formula is C6H7ClN2O3. The van der Waals surface area contributed by atoms with E-state index in [0.717, 1.165) is 0 Å². The Bertz CT molecular complexity index is 297. The van der Waals surface area contributed by atoms with Crippen molar-refractivity contribution < 1.29 is 14.4 Å². The van der Waals surface area contributed by atoms with Gasteiger partial charge >= 0.3 is 5.97 Å². The number of rotatable bonds is 3. The van der Waals surface area contributed by atoms with Crippen LogP contribution >= 0.6 is 11.6 Å². The number of halogens is 1. The molecule has 5 nitrogen and oxygen atoms in total. The summed E-state index contributed by atoms with van der Waals surface area (Å²) in [6.07, 6.45) is -0.232. The molecule has 0 radical (unpaired) electrons. The minimum Gasteiger partial charge on any atom is -0.481 e. The van der Waals surface area contributed by atoms with E-state index in [2.05, 4.69) is 15.0 Å². The standard InChI is InChI=1S/C6H7ClN2O3/c1-8-6-5(7)3(9-12-6)2-4(10)11/h8H,2H2,1H3,(H,10,11). The van der Waals surface area contributed by atoms with Gasteiger partial charge < -0.3 is 14.9 Å². The Morgan fingerprint density at radius 1 is 1.83 bits per heavy atom. The Morgan fingerprint density at radius 2 is 2.50 bits per heavy atom. The number of nitrogens with one attached hydrogen (secondary N) is 1. The molecule has 0 saturated carbocycles. The molecule has 66 valence electrons. The Kier molecular flexibility index (Phi) is 2.54. The van der Waals surface area contributed by atoms with Crippen LogP contribution in [0.5, 0.6) is 0 Å². The molecule has 12 heavy (non-hydrogen) atoms. The number of carboxylic acid groups (broad SMARTS) is 1. The van der Waals surface area contributed by atoms with Gasteiger partial charge in [-0.05, 0) is 0 Å². The van der Waals surface area contributed by atoms with E-state index in [0.29, 0.717) is 0 Å². The summed E-state index contributed by atoms with van der Waals surface area (Å²) in [4.78, 5) is 10.3. The van der Waals surface area contributed by atoms with Gasteiger partial charge in [0, 0.05) is 7.05 Å².